The lowest BCUT2D eigenvalue weighted by molar-refractivity contribution is -0.114. The molecule has 106 valence electrons. The number of anilines is 1. The van der Waals surface area contributed by atoms with E-state index >= 15 is 0 Å². The van der Waals surface area contributed by atoms with E-state index in [1.165, 1.54) is 17.0 Å². The summed E-state index contributed by atoms with van der Waals surface area (Å²) in [6.45, 7) is 2.04. The monoisotopic (exact) mass is 347 g/mol. The maximum Gasteiger partial charge on any atom is 0.299 e. The van der Waals surface area contributed by atoms with Gasteiger partial charge in [-0.1, -0.05) is 22.0 Å². The van der Waals surface area contributed by atoms with Crippen molar-refractivity contribution in [3.63, 3.8) is 0 Å². The number of aryl methyl sites for hydroxylation is 1. The van der Waals surface area contributed by atoms with Crippen LogP contribution in [0, 0.1) is 12.7 Å². The zero-order chi connectivity index (χ0) is 15.1. The second-order valence-electron chi connectivity index (χ2n) is 4.95. The molecule has 0 radical (unpaired) electrons. The number of carbonyl (C=O) groups excluding carboxylic acids is 2. The smallest absolute Gasteiger partial charge is 0.299 e. The molecule has 3 rings (SSSR count). The van der Waals surface area contributed by atoms with Gasteiger partial charge in [-0.05, 0) is 48.4 Å². The van der Waals surface area contributed by atoms with Crippen molar-refractivity contribution in [1.29, 1.82) is 0 Å². The fourth-order valence-electron chi connectivity index (χ4n) is 2.44. The summed E-state index contributed by atoms with van der Waals surface area (Å²) < 4.78 is 13.9. The Morgan fingerprint density at radius 2 is 1.90 bits per heavy atom. The molecule has 21 heavy (non-hydrogen) atoms. The van der Waals surface area contributed by atoms with Gasteiger partial charge in [0.2, 0.25) is 0 Å². The number of amides is 1. The van der Waals surface area contributed by atoms with Crippen molar-refractivity contribution in [3.05, 3.63) is 63.4 Å². The highest BCUT2D eigenvalue weighted by Crippen LogP contribution is 2.32. The average molecular weight is 348 g/mol. The number of hydrogen-bond acceptors (Lipinski definition) is 2. The minimum absolute atomic E-state index is 0.255. The molecule has 1 aliphatic rings. The molecule has 0 bridgehead atoms. The highest BCUT2D eigenvalue weighted by Gasteiger charge is 2.35. The van der Waals surface area contributed by atoms with Crippen molar-refractivity contribution in [3.8, 4) is 0 Å². The first kappa shape index (κ1) is 13.9. The molecule has 1 heterocycles. The molecular formula is C16H11BrFNO2. The van der Waals surface area contributed by atoms with Gasteiger partial charge in [0, 0.05) is 4.47 Å². The second-order valence-corrected chi connectivity index (χ2v) is 5.87. The topological polar surface area (TPSA) is 37.4 Å². The molecule has 0 spiro atoms. The van der Waals surface area contributed by atoms with Gasteiger partial charge in [0.1, 0.15) is 5.82 Å². The van der Waals surface area contributed by atoms with E-state index in [0.717, 1.165) is 15.6 Å². The summed E-state index contributed by atoms with van der Waals surface area (Å²) in [4.78, 5) is 25.6. The van der Waals surface area contributed by atoms with Crippen molar-refractivity contribution in [2.45, 2.75) is 13.5 Å². The molecule has 2 aromatic rings. The summed E-state index contributed by atoms with van der Waals surface area (Å²) in [6.07, 6.45) is 0. The highest BCUT2D eigenvalue weighted by atomic mass is 79.9. The third-order valence-corrected chi connectivity index (χ3v) is 4.06. The van der Waals surface area contributed by atoms with Gasteiger partial charge in [-0.25, -0.2) is 4.39 Å². The van der Waals surface area contributed by atoms with Crippen LogP contribution in [-0.4, -0.2) is 11.7 Å². The van der Waals surface area contributed by atoms with Crippen LogP contribution in [0.5, 0.6) is 0 Å². The van der Waals surface area contributed by atoms with Crippen molar-refractivity contribution in [2.75, 3.05) is 4.90 Å². The zero-order valence-electron chi connectivity index (χ0n) is 11.2. The molecule has 1 aliphatic heterocycles. The number of halogens is 2. The first-order valence-corrected chi connectivity index (χ1v) is 7.17. The number of nitrogens with zero attached hydrogens (tertiary/aromatic N) is 1. The molecule has 3 nitrogen and oxygen atoms in total. The molecule has 2 aromatic carbocycles. The zero-order valence-corrected chi connectivity index (χ0v) is 12.8. The standard InChI is InChI=1S/C16H11BrFNO2/c1-9-6-12(18)4-2-10(9)8-19-14-5-3-11(17)7-13(14)15(20)16(19)21/h2-7H,8H2,1H3. The van der Waals surface area contributed by atoms with Crippen LogP contribution in [0.15, 0.2) is 40.9 Å². The van der Waals surface area contributed by atoms with E-state index < -0.39 is 11.7 Å². The van der Waals surface area contributed by atoms with Gasteiger partial charge < -0.3 is 4.90 Å². The SMILES string of the molecule is Cc1cc(F)ccc1CN1C(=O)C(=O)c2cc(Br)ccc21. The minimum Gasteiger partial charge on any atom is -0.300 e. The van der Waals surface area contributed by atoms with Crippen molar-refractivity contribution in [2.24, 2.45) is 0 Å². The molecule has 0 aromatic heterocycles. The summed E-state index contributed by atoms with van der Waals surface area (Å²) in [7, 11) is 0. The maximum atomic E-state index is 13.1. The van der Waals surface area contributed by atoms with E-state index in [-0.39, 0.29) is 12.4 Å². The molecule has 0 saturated heterocycles. The van der Waals surface area contributed by atoms with Crippen LogP contribution in [-0.2, 0) is 11.3 Å². The van der Waals surface area contributed by atoms with Crippen LogP contribution >= 0.6 is 15.9 Å². The van der Waals surface area contributed by atoms with Gasteiger partial charge in [0.25, 0.3) is 11.7 Å². The number of Topliss-reactive ketones (excluding diaryl/α,β-unsaturated/α-hetero) is 1. The summed E-state index contributed by atoms with van der Waals surface area (Å²) in [5.41, 5.74) is 2.56. The molecule has 0 saturated carbocycles. The van der Waals surface area contributed by atoms with Gasteiger partial charge in [0.05, 0.1) is 17.8 Å². The Hall–Kier alpha value is -2.01. The van der Waals surface area contributed by atoms with Gasteiger partial charge >= 0.3 is 0 Å². The molecule has 0 unspecified atom stereocenters. The molecule has 1 amide bonds. The summed E-state index contributed by atoms with van der Waals surface area (Å²) in [5.74, 6) is -1.37. The molecule has 5 heteroatoms. The predicted octanol–water partition coefficient (Wildman–Crippen LogP) is 3.63. The van der Waals surface area contributed by atoms with Gasteiger partial charge in [-0.3, -0.25) is 9.59 Å². The Balaban J connectivity index is 2.00. The van der Waals surface area contributed by atoms with E-state index in [9.17, 15) is 14.0 Å². The highest BCUT2D eigenvalue weighted by molar-refractivity contribution is 9.10. The lowest BCUT2D eigenvalue weighted by Gasteiger charge is -2.18. The Bertz CT molecular complexity index is 773. The Kier molecular flexibility index (Phi) is 3.37. The van der Waals surface area contributed by atoms with Gasteiger partial charge in [-0.2, -0.15) is 0 Å². The summed E-state index contributed by atoms with van der Waals surface area (Å²) >= 11 is 3.29. The van der Waals surface area contributed by atoms with Crippen LogP contribution < -0.4 is 4.90 Å². The lowest BCUT2D eigenvalue weighted by atomic mass is 10.1. The second kappa shape index (κ2) is 5.07. The van der Waals surface area contributed by atoms with E-state index in [1.54, 1.807) is 31.2 Å². The normalized spacial score (nSPS) is 13.8. The Morgan fingerprint density at radius 3 is 2.62 bits per heavy atom. The van der Waals surface area contributed by atoms with Crippen LogP contribution in [0.2, 0.25) is 0 Å². The van der Waals surface area contributed by atoms with E-state index in [1.807, 2.05) is 0 Å². The summed E-state index contributed by atoms with van der Waals surface area (Å²) in [6, 6.07) is 9.58. The van der Waals surface area contributed by atoms with Crippen LogP contribution in [0.1, 0.15) is 21.5 Å². The number of benzene rings is 2. The van der Waals surface area contributed by atoms with E-state index in [0.29, 0.717) is 11.3 Å². The summed E-state index contributed by atoms with van der Waals surface area (Å²) in [5, 5.41) is 0. The number of carbonyl (C=O) groups is 2. The van der Waals surface area contributed by atoms with Crippen LogP contribution in [0.3, 0.4) is 0 Å². The maximum absolute atomic E-state index is 13.1. The quantitative estimate of drug-likeness (QED) is 0.778. The molecule has 0 atom stereocenters. The predicted molar refractivity (Wildman–Crippen MR) is 80.8 cm³/mol. The average Bonchev–Trinajstić information content (AvgIpc) is 2.66. The van der Waals surface area contributed by atoms with Gasteiger partial charge in [0.15, 0.2) is 0 Å². The number of rotatable bonds is 2. The third-order valence-electron chi connectivity index (χ3n) is 3.57. The lowest BCUT2D eigenvalue weighted by Crippen LogP contribution is -2.29. The van der Waals surface area contributed by atoms with Crippen molar-refractivity contribution < 1.29 is 14.0 Å². The van der Waals surface area contributed by atoms with Gasteiger partial charge in [-0.15, -0.1) is 0 Å². The Labute approximate surface area is 129 Å². The van der Waals surface area contributed by atoms with E-state index in [2.05, 4.69) is 15.9 Å². The van der Waals surface area contributed by atoms with Crippen molar-refractivity contribution in [1.82, 2.24) is 0 Å². The minimum atomic E-state index is -0.549. The molecule has 0 aliphatic carbocycles. The largest absolute Gasteiger partial charge is 0.300 e. The fraction of sp³-hybridized carbons (Fsp3) is 0.125. The van der Waals surface area contributed by atoms with Crippen molar-refractivity contribution >= 4 is 33.3 Å². The van der Waals surface area contributed by atoms with E-state index in [4.69, 9.17) is 0 Å². The number of hydrogen-bond donors (Lipinski definition) is 0. The molecular weight excluding hydrogens is 337 g/mol. The first-order chi connectivity index (χ1) is 9.97. The third kappa shape index (κ3) is 2.38. The molecule has 0 N–H and O–H groups in total. The van der Waals surface area contributed by atoms with Crippen LogP contribution in [0.25, 0.3) is 0 Å². The number of fused-ring (bicyclic) bond motifs is 1. The fourth-order valence-corrected chi connectivity index (χ4v) is 2.80. The molecule has 0 fully saturated rings. The Morgan fingerprint density at radius 1 is 1.14 bits per heavy atom. The number of ketones is 1. The first-order valence-electron chi connectivity index (χ1n) is 6.38. The van der Waals surface area contributed by atoms with Crippen LogP contribution in [0.4, 0.5) is 10.1 Å².